The average molecular weight is 268 g/mol. The molecule has 18 heavy (non-hydrogen) atoms. The lowest BCUT2D eigenvalue weighted by atomic mass is 10.3. The molecule has 0 fully saturated rings. The predicted molar refractivity (Wildman–Crippen MR) is 69.6 cm³/mol. The van der Waals surface area contributed by atoms with Crippen molar-refractivity contribution in [2.24, 2.45) is 0 Å². The molecule has 1 heterocycles. The van der Waals surface area contributed by atoms with Gasteiger partial charge in [0.15, 0.2) is 0 Å². The van der Waals surface area contributed by atoms with Gasteiger partial charge in [-0.25, -0.2) is 0 Å². The van der Waals surface area contributed by atoms with E-state index in [1.54, 1.807) is 18.9 Å². The standard InChI is InChI=1S/C12H14ClN3O2/c1-8(13)11-14-15-12(18-11)16(2)9-6-4-5-7-10(9)17-3/h4-8H,1-3H3. The monoisotopic (exact) mass is 267 g/mol. The minimum absolute atomic E-state index is 0.308. The Kier molecular flexibility index (Phi) is 3.72. The van der Waals surface area contributed by atoms with Crippen molar-refractivity contribution in [2.75, 3.05) is 19.1 Å². The molecular formula is C12H14ClN3O2. The molecule has 0 N–H and O–H groups in total. The van der Waals surface area contributed by atoms with Crippen LogP contribution in [-0.4, -0.2) is 24.4 Å². The fourth-order valence-corrected chi connectivity index (χ4v) is 1.62. The first-order valence-corrected chi connectivity index (χ1v) is 5.91. The van der Waals surface area contributed by atoms with Gasteiger partial charge in [0, 0.05) is 7.05 Å². The molecule has 0 saturated carbocycles. The highest BCUT2D eigenvalue weighted by Gasteiger charge is 2.17. The summed E-state index contributed by atoms with van der Waals surface area (Å²) in [5.41, 5.74) is 0.845. The Labute approximate surface area is 110 Å². The maximum Gasteiger partial charge on any atom is 0.322 e. The summed E-state index contributed by atoms with van der Waals surface area (Å²) in [6.45, 7) is 1.78. The molecular weight excluding hydrogens is 254 g/mol. The number of benzene rings is 1. The van der Waals surface area contributed by atoms with Gasteiger partial charge in [0.25, 0.3) is 0 Å². The molecule has 0 spiro atoms. The molecule has 5 nitrogen and oxygen atoms in total. The van der Waals surface area contributed by atoms with Gasteiger partial charge >= 0.3 is 6.01 Å². The highest BCUT2D eigenvalue weighted by molar-refractivity contribution is 6.20. The zero-order valence-electron chi connectivity index (χ0n) is 10.4. The van der Waals surface area contributed by atoms with Crippen LogP contribution in [0.15, 0.2) is 28.7 Å². The molecule has 2 rings (SSSR count). The minimum Gasteiger partial charge on any atom is -0.495 e. The van der Waals surface area contributed by atoms with Crippen LogP contribution in [0.2, 0.25) is 0 Å². The van der Waals surface area contributed by atoms with Crippen molar-refractivity contribution in [3.63, 3.8) is 0 Å². The van der Waals surface area contributed by atoms with Gasteiger partial charge in [-0.15, -0.1) is 16.7 Å². The quantitative estimate of drug-likeness (QED) is 0.797. The van der Waals surface area contributed by atoms with Crippen LogP contribution in [0.1, 0.15) is 18.2 Å². The van der Waals surface area contributed by atoms with Crippen LogP contribution in [0.5, 0.6) is 5.75 Å². The molecule has 0 bridgehead atoms. The molecule has 1 unspecified atom stereocenters. The molecule has 0 amide bonds. The van der Waals surface area contributed by atoms with E-state index in [9.17, 15) is 0 Å². The van der Waals surface area contributed by atoms with Gasteiger partial charge in [-0.2, -0.15) is 0 Å². The molecule has 1 aromatic heterocycles. The van der Waals surface area contributed by atoms with Gasteiger partial charge in [0.2, 0.25) is 5.89 Å². The fourth-order valence-electron chi connectivity index (χ4n) is 1.53. The van der Waals surface area contributed by atoms with Crippen molar-refractivity contribution in [3.05, 3.63) is 30.2 Å². The molecule has 0 aliphatic rings. The van der Waals surface area contributed by atoms with Gasteiger partial charge in [0.1, 0.15) is 11.1 Å². The van der Waals surface area contributed by atoms with Crippen molar-refractivity contribution in [1.82, 2.24) is 10.2 Å². The second kappa shape index (κ2) is 5.27. The minimum atomic E-state index is -0.308. The SMILES string of the molecule is COc1ccccc1N(C)c1nnc(C(C)Cl)o1. The maximum absolute atomic E-state index is 5.89. The number of anilines is 2. The second-order valence-corrected chi connectivity index (χ2v) is 4.42. The zero-order valence-corrected chi connectivity index (χ0v) is 11.2. The number of hydrogen-bond acceptors (Lipinski definition) is 5. The lowest BCUT2D eigenvalue weighted by Gasteiger charge is -2.16. The number of aromatic nitrogens is 2. The van der Waals surface area contributed by atoms with E-state index in [2.05, 4.69) is 10.2 Å². The normalized spacial score (nSPS) is 12.2. The Morgan fingerprint density at radius 1 is 1.33 bits per heavy atom. The van der Waals surface area contributed by atoms with E-state index in [-0.39, 0.29) is 5.38 Å². The molecule has 96 valence electrons. The van der Waals surface area contributed by atoms with E-state index in [1.165, 1.54) is 0 Å². The first kappa shape index (κ1) is 12.7. The maximum atomic E-state index is 5.89. The van der Waals surface area contributed by atoms with Crippen molar-refractivity contribution in [3.8, 4) is 5.75 Å². The number of nitrogens with zero attached hydrogens (tertiary/aromatic N) is 3. The fraction of sp³-hybridized carbons (Fsp3) is 0.333. The third kappa shape index (κ3) is 2.41. The van der Waals surface area contributed by atoms with Gasteiger partial charge in [-0.05, 0) is 19.1 Å². The number of halogens is 1. The van der Waals surface area contributed by atoms with Crippen LogP contribution in [0.3, 0.4) is 0 Å². The van der Waals surface area contributed by atoms with E-state index in [0.717, 1.165) is 11.4 Å². The highest BCUT2D eigenvalue weighted by atomic mass is 35.5. The van der Waals surface area contributed by atoms with E-state index < -0.39 is 0 Å². The van der Waals surface area contributed by atoms with Crippen LogP contribution in [0, 0.1) is 0 Å². The van der Waals surface area contributed by atoms with Gasteiger partial charge < -0.3 is 9.15 Å². The Morgan fingerprint density at radius 3 is 2.67 bits per heavy atom. The predicted octanol–water partition coefficient (Wildman–Crippen LogP) is 3.15. The largest absolute Gasteiger partial charge is 0.495 e. The molecule has 0 saturated heterocycles. The number of hydrogen-bond donors (Lipinski definition) is 0. The summed E-state index contributed by atoms with van der Waals surface area (Å²) in [5.74, 6) is 1.13. The summed E-state index contributed by atoms with van der Waals surface area (Å²) in [6, 6.07) is 7.97. The second-order valence-electron chi connectivity index (χ2n) is 3.77. The molecule has 0 aliphatic heterocycles. The Morgan fingerprint density at radius 2 is 2.06 bits per heavy atom. The molecule has 1 atom stereocenters. The summed E-state index contributed by atoms with van der Waals surface area (Å²) in [6.07, 6.45) is 0. The Balaban J connectivity index is 2.32. The first-order chi connectivity index (χ1) is 8.63. The highest BCUT2D eigenvalue weighted by Crippen LogP contribution is 2.32. The van der Waals surface area contributed by atoms with E-state index in [0.29, 0.717) is 11.9 Å². The topological polar surface area (TPSA) is 51.4 Å². The third-order valence-electron chi connectivity index (χ3n) is 2.50. The first-order valence-electron chi connectivity index (χ1n) is 5.47. The van der Waals surface area contributed by atoms with Crippen LogP contribution >= 0.6 is 11.6 Å². The Hall–Kier alpha value is -1.75. The van der Waals surface area contributed by atoms with Crippen LogP contribution < -0.4 is 9.64 Å². The summed E-state index contributed by atoms with van der Waals surface area (Å²) in [4.78, 5) is 1.76. The van der Waals surface area contributed by atoms with Crippen molar-refractivity contribution < 1.29 is 9.15 Å². The van der Waals surface area contributed by atoms with Crippen molar-refractivity contribution in [1.29, 1.82) is 0 Å². The molecule has 0 radical (unpaired) electrons. The van der Waals surface area contributed by atoms with Crippen LogP contribution in [0.4, 0.5) is 11.7 Å². The van der Waals surface area contributed by atoms with Crippen LogP contribution in [0.25, 0.3) is 0 Å². The van der Waals surface area contributed by atoms with E-state index >= 15 is 0 Å². The smallest absolute Gasteiger partial charge is 0.322 e. The van der Waals surface area contributed by atoms with Gasteiger partial charge in [-0.1, -0.05) is 17.2 Å². The molecule has 2 aromatic rings. The average Bonchev–Trinajstić information content (AvgIpc) is 2.87. The number of rotatable bonds is 4. The van der Waals surface area contributed by atoms with Gasteiger partial charge in [-0.3, -0.25) is 4.90 Å². The van der Waals surface area contributed by atoms with Crippen LogP contribution in [-0.2, 0) is 0 Å². The summed E-state index contributed by atoms with van der Waals surface area (Å²) < 4.78 is 10.8. The van der Waals surface area contributed by atoms with Crippen molar-refractivity contribution >= 4 is 23.3 Å². The number of para-hydroxylation sites is 2. The lowest BCUT2D eigenvalue weighted by molar-refractivity contribution is 0.414. The molecule has 0 aliphatic carbocycles. The summed E-state index contributed by atoms with van der Waals surface area (Å²) in [7, 11) is 3.45. The lowest BCUT2D eigenvalue weighted by Crippen LogP contribution is -2.11. The van der Waals surface area contributed by atoms with E-state index in [1.807, 2.05) is 31.3 Å². The summed E-state index contributed by atoms with van der Waals surface area (Å²) >= 11 is 5.89. The number of ether oxygens (including phenoxy) is 1. The van der Waals surface area contributed by atoms with E-state index in [4.69, 9.17) is 20.8 Å². The van der Waals surface area contributed by atoms with Crippen molar-refractivity contribution in [2.45, 2.75) is 12.3 Å². The number of alkyl halides is 1. The van der Waals surface area contributed by atoms with Gasteiger partial charge in [0.05, 0.1) is 12.8 Å². The number of methoxy groups -OCH3 is 1. The Bertz CT molecular complexity index is 528. The molecule has 1 aromatic carbocycles. The summed E-state index contributed by atoms with van der Waals surface area (Å²) in [5, 5.41) is 7.54. The zero-order chi connectivity index (χ0) is 13.1. The third-order valence-corrected chi connectivity index (χ3v) is 2.69. The molecule has 6 heteroatoms.